The van der Waals surface area contributed by atoms with E-state index in [9.17, 15) is 4.79 Å². The van der Waals surface area contributed by atoms with Crippen molar-refractivity contribution in [3.63, 3.8) is 0 Å². The summed E-state index contributed by atoms with van der Waals surface area (Å²) in [6, 6.07) is 2.91. The molecule has 0 fully saturated rings. The minimum absolute atomic E-state index is 0.209. The average molecular weight is 402 g/mol. The highest BCUT2D eigenvalue weighted by Gasteiger charge is 2.20. The topological polar surface area (TPSA) is 95.2 Å². The summed E-state index contributed by atoms with van der Waals surface area (Å²) in [4.78, 5) is 11.5. The van der Waals surface area contributed by atoms with Crippen LogP contribution in [0.15, 0.2) is 17.3 Å². The van der Waals surface area contributed by atoms with E-state index in [0.717, 1.165) is 0 Å². The molecule has 10 heteroatoms. The molecule has 1 N–H and O–H groups in total. The summed E-state index contributed by atoms with van der Waals surface area (Å²) in [7, 11) is 2.93. The number of methoxy groups -OCH3 is 1. The summed E-state index contributed by atoms with van der Waals surface area (Å²) >= 11 is 12.3. The number of oxime groups is 1. The van der Waals surface area contributed by atoms with Gasteiger partial charge in [-0.2, -0.15) is 5.10 Å². The van der Waals surface area contributed by atoms with E-state index in [2.05, 4.69) is 15.0 Å². The Balaban J connectivity index is 2.36. The van der Waals surface area contributed by atoms with E-state index in [0.29, 0.717) is 17.1 Å². The number of halogens is 2. The molecule has 140 valence electrons. The molecule has 0 spiro atoms. The molecule has 0 bridgehead atoms. The van der Waals surface area contributed by atoms with Crippen LogP contribution < -0.4 is 9.47 Å². The molecule has 0 saturated carbocycles. The lowest BCUT2D eigenvalue weighted by Gasteiger charge is -2.16. The monoisotopic (exact) mass is 401 g/mol. The van der Waals surface area contributed by atoms with Crippen molar-refractivity contribution < 1.29 is 24.2 Å². The number of benzene rings is 1. The van der Waals surface area contributed by atoms with Gasteiger partial charge in [-0.25, -0.2) is 9.48 Å². The lowest BCUT2D eigenvalue weighted by molar-refractivity contribution is -0.147. The molecule has 26 heavy (non-hydrogen) atoms. The van der Waals surface area contributed by atoms with Gasteiger partial charge in [0.25, 0.3) is 0 Å². The standard InChI is InChI=1S/C16H17Cl2N3O5/c1-8-12(7-19-23)20-21(3)15(8)26-14-6-13(10(17)5-11(14)18)25-9(2)16(22)24-4/h5-7,9,23H,1-4H3/b19-7+/t9-/m0/s1. The first-order valence-electron chi connectivity index (χ1n) is 7.40. The van der Waals surface area contributed by atoms with Gasteiger partial charge in [0.15, 0.2) is 11.9 Å². The Labute approximate surface area is 159 Å². The summed E-state index contributed by atoms with van der Waals surface area (Å²) in [6.45, 7) is 3.28. The highest BCUT2D eigenvalue weighted by Crippen LogP contribution is 2.39. The molecule has 0 aliphatic rings. The van der Waals surface area contributed by atoms with Crippen LogP contribution in [0.4, 0.5) is 0 Å². The lowest BCUT2D eigenvalue weighted by Crippen LogP contribution is -2.25. The zero-order valence-corrected chi connectivity index (χ0v) is 16.0. The van der Waals surface area contributed by atoms with Crippen LogP contribution in [0.3, 0.4) is 0 Å². The summed E-state index contributed by atoms with van der Waals surface area (Å²) in [5, 5.41) is 16.3. The number of carbonyl (C=O) groups excluding carboxylic acids is 1. The summed E-state index contributed by atoms with van der Waals surface area (Å²) < 4.78 is 17.4. The Morgan fingerprint density at radius 2 is 2.00 bits per heavy atom. The van der Waals surface area contributed by atoms with Gasteiger partial charge in [0.05, 0.1) is 23.4 Å². The van der Waals surface area contributed by atoms with Crippen molar-refractivity contribution in [3.05, 3.63) is 33.4 Å². The van der Waals surface area contributed by atoms with Crippen molar-refractivity contribution in [2.75, 3.05) is 7.11 Å². The van der Waals surface area contributed by atoms with E-state index in [-0.39, 0.29) is 21.5 Å². The zero-order valence-electron chi connectivity index (χ0n) is 14.5. The van der Waals surface area contributed by atoms with Crippen molar-refractivity contribution in [1.29, 1.82) is 0 Å². The lowest BCUT2D eigenvalue weighted by atomic mass is 10.2. The number of carbonyl (C=O) groups is 1. The highest BCUT2D eigenvalue weighted by atomic mass is 35.5. The van der Waals surface area contributed by atoms with Gasteiger partial charge in [-0.15, -0.1) is 0 Å². The van der Waals surface area contributed by atoms with Crippen molar-refractivity contribution >= 4 is 35.4 Å². The zero-order chi connectivity index (χ0) is 19.4. The molecule has 0 unspecified atom stereocenters. The maximum Gasteiger partial charge on any atom is 0.346 e. The Morgan fingerprint density at radius 1 is 1.35 bits per heavy atom. The summed E-state index contributed by atoms with van der Waals surface area (Å²) in [5.74, 6) is 0.299. The van der Waals surface area contributed by atoms with Gasteiger partial charge in [-0.1, -0.05) is 28.4 Å². The fourth-order valence-electron chi connectivity index (χ4n) is 2.14. The van der Waals surface area contributed by atoms with Crippen LogP contribution in [0.25, 0.3) is 0 Å². The van der Waals surface area contributed by atoms with E-state index in [4.69, 9.17) is 37.9 Å². The number of aromatic nitrogens is 2. The van der Waals surface area contributed by atoms with Crippen LogP contribution in [0.2, 0.25) is 10.0 Å². The van der Waals surface area contributed by atoms with Crippen LogP contribution in [-0.2, 0) is 16.6 Å². The van der Waals surface area contributed by atoms with Gasteiger partial charge in [0.1, 0.15) is 11.4 Å². The van der Waals surface area contributed by atoms with E-state index in [1.165, 1.54) is 37.1 Å². The van der Waals surface area contributed by atoms with Crippen LogP contribution in [0, 0.1) is 6.92 Å². The second kappa shape index (κ2) is 8.29. The maximum absolute atomic E-state index is 11.5. The SMILES string of the molecule is COC(=O)[C@H](C)Oc1cc(Oc2c(C)c(/C=N/O)nn2C)c(Cl)cc1Cl. The smallest absolute Gasteiger partial charge is 0.346 e. The van der Waals surface area contributed by atoms with Gasteiger partial charge >= 0.3 is 5.97 Å². The largest absolute Gasteiger partial charge is 0.477 e. The molecule has 2 rings (SSSR count). The fourth-order valence-corrected chi connectivity index (χ4v) is 2.61. The number of hydrogen-bond donors (Lipinski definition) is 1. The van der Waals surface area contributed by atoms with E-state index >= 15 is 0 Å². The normalized spacial score (nSPS) is 12.2. The average Bonchev–Trinajstić information content (AvgIpc) is 2.85. The Bertz CT molecular complexity index is 851. The van der Waals surface area contributed by atoms with E-state index in [1.807, 2.05) is 0 Å². The molecule has 0 aliphatic carbocycles. The molecule has 1 aromatic carbocycles. The molecule has 0 radical (unpaired) electrons. The minimum Gasteiger partial charge on any atom is -0.477 e. The predicted octanol–water partition coefficient (Wildman–Crippen LogP) is 3.58. The number of rotatable bonds is 6. The third kappa shape index (κ3) is 4.20. The van der Waals surface area contributed by atoms with Gasteiger partial charge in [-0.05, 0) is 19.9 Å². The highest BCUT2D eigenvalue weighted by molar-refractivity contribution is 6.36. The van der Waals surface area contributed by atoms with Gasteiger partial charge < -0.3 is 19.4 Å². The number of hydrogen-bond acceptors (Lipinski definition) is 7. The molecule has 8 nitrogen and oxygen atoms in total. The number of nitrogens with zero attached hydrogens (tertiary/aromatic N) is 3. The first-order valence-corrected chi connectivity index (χ1v) is 8.16. The molecular weight excluding hydrogens is 385 g/mol. The van der Waals surface area contributed by atoms with Crippen LogP contribution >= 0.6 is 23.2 Å². The minimum atomic E-state index is -0.864. The van der Waals surface area contributed by atoms with Crippen LogP contribution in [-0.4, -0.2) is 40.4 Å². The first-order chi connectivity index (χ1) is 12.3. The second-order valence-electron chi connectivity index (χ2n) is 5.28. The molecule has 1 atom stereocenters. The molecule has 2 aromatic rings. The number of ether oxygens (including phenoxy) is 3. The molecule has 0 saturated heterocycles. The van der Waals surface area contributed by atoms with Gasteiger partial charge in [-0.3, -0.25) is 0 Å². The molecular formula is C16H17Cl2N3O5. The summed E-state index contributed by atoms with van der Waals surface area (Å²) in [6.07, 6.45) is 0.329. The van der Waals surface area contributed by atoms with Crippen LogP contribution in [0.1, 0.15) is 18.2 Å². The third-order valence-corrected chi connectivity index (χ3v) is 4.06. The summed E-state index contributed by atoms with van der Waals surface area (Å²) in [5.41, 5.74) is 1.08. The number of aryl methyl sites for hydroxylation is 1. The molecule has 1 aromatic heterocycles. The third-order valence-electron chi connectivity index (χ3n) is 3.47. The van der Waals surface area contributed by atoms with Crippen molar-refractivity contribution in [1.82, 2.24) is 9.78 Å². The van der Waals surface area contributed by atoms with Gasteiger partial charge in [0.2, 0.25) is 5.88 Å². The molecule has 0 amide bonds. The van der Waals surface area contributed by atoms with Crippen molar-refractivity contribution in [3.8, 4) is 17.4 Å². The quantitative estimate of drug-likeness (QED) is 0.344. The van der Waals surface area contributed by atoms with Crippen LogP contribution in [0.5, 0.6) is 17.4 Å². The molecule has 1 heterocycles. The second-order valence-corrected chi connectivity index (χ2v) is 6.10. The first kappa shape index (κ1) is 19.9. The fraction of sp³-hybridized carbons (Fsp3) is 0.312. The predicted molar refractivity (Wildman–Crippen MR) is 96.0 cm³/mol. The van der Waals surface area contributed by atoms with E-state index in [1.54, 1.807) is 14.0 Å². The number of esters is 1. The van der Waals surface area contributed by atoms with Crippen molar-refractivity contribution in [2.24, 2.45) is 12.2 Å². The van der Waals surface area contributed by atoms with Crippen molar-refractivity contribution in [2.45, 2.75) is 20.0 Å². The Hall–Kier alpha value is -2.45. The Kier molecular flexibility index (Phi) is 6.33. The molecule has 0 aliphatic heterocycles. The van der Waals surface area contributed by atoms with Gasteiger partial charge in [0, 0.05) is 18.7 Å². The Morgan fingerprint density at radius 3 is 2.62 bits per heavy atom. The van der Waals surface area contributed by atoms with E-state index < -0.39 is 12.1 Å². The maximum atomic E-state index is 11.5.